The van der Waals surface area contributed by atoms with Gasteiger partial charge in [-0.25, -0.2) is 0 Å². The fourth-order valence-corrected chi connectivity index (χ4v) is 1.18. The minimum atomic E-state index is 0.169. The molecule has 0 aliphatic heterocycles. The van der Waals surface area contributed by atoms with E-state index in [0.29, 0.717) is 12.8 Å². The molecule has 0 aliphatic rings. The normalized spacial score (nSPS) is 9.86. The number of rotatable bonds is 8. The second-order valence-corrected chi connectivity index (χ2v) is 3.43. The van der Waals surface area contributed by atoms with Crippen molar-refractivity contribution in [3.63, 3.8) is 0 Å². The molecule has 0 spiro atoms. The van der Waals surface area contributed by atoms with E-state index in [1.165, 1.54) is 0 Å². The molecule has 0 rings (SSSR count). The number of aliphatic hydroxyl groups excluding tert-OH is 1. The van der Waals surface area contributed by atoms with Crippen molar-refractivity contribution >= 4 is 5.91 Å². The molecule has 0 bridgehead atoms. The summed E-state index contributed by atoms with van der Waals surface area (Å²) >= 11 is 0. The van der Waals surface area contributed by atoms with Crippen molar-refractivity contribution in [1.29, 1.82) is 0 Å². The fraction of sp³-hybridized carbons (Fsp3) is 0.727. The van der Waals surface area contributed by atoms with Gasteiger partial charge < -0.3 is 10.0 Å². The van der Waals surface area contributed by atoms with E-state index in [4.69, 9.17) is 5.11 Å². The first-order valence-corrected chi connectivity index (χ1v) is 5.18. The lowest BCUT2D eigenvalue weighted by molar-refractivity contribution is -0.130. The topological polar surface area (TPSA) is 40.5 Å². The van der Waals surface area contributed by atoms with Gasteiger partial charge in [-0.15, -0.1) is 6.58 Å². The molecule has 0 aromatic heterocycles. The Morgan fingerprint density at radius 2 is 2.14 bits per heavy atom. The molecule has 3 heteroatoms. The Kier molecular flexibility index (Phi) is 8.24. The molecule has 0 aromatic rings. The second kappa shape index (κ2) is 8.75. The molecule has 3 nitrogen and oxygen atoms in total. The van der Waals surface area contributed by atoms with Crippen molar-refractivity contribution in [2.45, 2.75) is 32.1 Å². The molecule has 0 unspecified atom stereocenters. The summed E-state index contributed by atoms with van der Waals surface area (Å²) in [5.41, 5.74) is 0. The number of hydrogen-bond donors (Lipinski definition) is 1. The Hall–Kier alpha value is -0.830. The number of nitrogens with zero attached hydrogens (tertiary/aromatic N) is 1. The molecule has 0 aromatic carbocycles. The van der Waals surface area contributed by atoms with Gasteiger partial charge in [0.25, 0.3) is 0 Å². The van der Waals surface area contributed by atoms with Crippen molar-refractivity contribution in [2.24, 2.45) is 0 Å². The monoisotopic (exact) mass is 199 g/mol. The molecule has 0 aliphatic carbocycles. The van der Waals surface area contributed by atoms with Crippen LogP contribution in [-0.2, 0) is 4.79 Å². The van der Waals surface area contributed by atoms with Crippen molar-refractivity contribution < 1.29 is 9.90 Å². The van der Waals surface area contributed by atoms with Crippen LogP contribution in [0.2, 0.25) is 0 Å². The highest BCUT2D eigenvalue weighted by atomic mass is 16.2. The summed E-state index contributed by atoms with van der Waals surface area (Å²) in [6.45, 7) is 4.60. The van der Waals surface area contributed by atoms with Crippen LogP contribution in [0.4, 0.5) is 0 Å². The zero-order valence-corrected chi connectivity index (χ0v) is 9.04. The number of aliphatic hydroxyl groups is 1. The molecule has 0 saturated heterocycles. The van der Waals surface area contributed by atoms with E-state index < -0.39 is 0 Å². The third kappa shape index (κ3) is 6.66. The lowest BCUT2D eigenvalue weighted by Crippen LogP contribution is -2.27. The number of carbonyl (C=O) groups excluding carboxylic acids is 1. The predicted molar refractivity (Wildman–Crippen MR) is 58.0 cm³/mol. The van der Waals surface area contributed by atoms with Gasteiger partial charge in [-0.05, 0) is 25.7 Å². The Morgan fingerprint density at radius 3 is 2.71 bits per heavy atom. The number of amides is 1. The fourth-order valence-electron chi connectivity index (χ4n) is 1.18. The zero-order valence-electron chi connectivity index (χ0n) is 9.04. The maximum Gasteiger partial charge on any atom is 0.222 e. The van der Waals surface area contributed by atoms with Gasteiger partial charge in [0.15, 0.2) is 0 Å². The van der Waals surface area contributed by atoms with Gasteiger partial charge in [-0.2, -0.15) is 0 Å². The van der Waals surface area contributed by atoms with Gasteiger partial charge in [0.2, 0.25) is 5.91 Å². The van der Waals surface area contributed by atoms with E-state index in [-0.39, 0.29) is 12.5 Å². The van der Waals surface area contributed by atoms with Gasteiger partial charge >= 0.3 is 0 Å². The van der Waals surface area contributed by atoms with E-state index in [9.17, 15) is 4.79 Å². The summed E-state index contributed by atoms with van der Waals surface area (Å²) in [5, 5.41) is 8.56. The lowest BCUT2D eigenvalue weighted by atomic mass is 10.2. The molecule has 0 fully saturated rings. The molecule has 0 radical (unpaired) electrons. The van der Waals surface area contributed by atoms with E-state index in [0.717, 1.165) is 25.8 Å². The summed E-state index contributed by atoms with van der Waals surface area (Å²) < 4.78 is 0. The Bertz CT molecular complexity index is 169. The van der Waals surface area contributed by atoms with Crippen LogP contribution in [0.25, 0.3) is 0 Å². The number of hydrogen-bond acceptors (Lipinski definition) is 2. The SMILES string of the molecule is C=CCCCN(C)C(=O)CCCCO. The summed E-state index contributed by atoms with van der Waals surface area (Å²) in [6.07, 6.45) is 5.84. The van der Waals surface area contributed by atoms with Crippen molar-refractivity contribution in [3.05, 3.63) is 12.7 Å². The van der Waals surface area contributed by atoms with Crippen LogP contribution in [0.5, 0.6) is 0 Å². The van der Waals surface area contributed by atoms with E-state index in [2.05, 4.69) is 6.58 Å². The third-order valence-corrected chi connectivity index (χ3v) is 2.13. The highest BCUT2D eigenvalue weighted by Gasteiger charge is 2.06. The van der Waals surface area contributed by atoms with Crippen LogP contribution in [0.1, 0.15) is 32.1 Å². The van der Waals surface area contributed by atoms with Gasteiger partial charge in [0, 0.05) is 26.6 Å². The van der Waals surface area contributed by atoms with Crippen molar-refractivity contribution in [1.82, 2.24) is 4.90 Å². The van der Waals surface area contributed by atoms with Crippen LogP contribution in [0.15, 0.2) is 12.7 Å². The van der Waals surface area contributed by atoms with E-state index in [1.54, 1.807) is 4.90 Å². The summed E-state index contributed by atoms with van der Waals surface area (Å²) in [4.78, 5) is 13.2. The number of carbonyl (C=O) groups is 1. The molecule has 1 amide bonds. The minimum absolute atomic E-state index is 0.169. The molecule has 0 saturated carbocycles. The third-order valence-electron chi connectivity index (χ3n) is 2.13. The first-order valence-electron chi connectivity index (χ1n) is 5.18. The molecule has 14 heavy (non-hydrogen) atoms. The van der Waals surface area contributed by atoms with Crippen LogP contribution in [-0.4, -0.2) is 36.1 Å². The van der Waals surface area contributed by atoms with Gasteiger partial charge in [0.1, 0.15) is 0 Å². The number of allylic oxidation sites excluding steroid dienone is 1. The standard InChI is InChI=1S/C11H21NO2/c1-3-4-6-9-12(2)11(14)8-5-7-10-13/h3,13H,1,4-10H2,2H3. The first kappa shape index (κ1) is 13.2. The molecule has 0 atom stereocenters. The number of unbranched alkanes of at least 4 members (excludes halogenated alkanes) is 2. The highest BCUT2D eigenvalue weighted by Crippen LogP contribution is 2.00. The van der Waals surface area contributed by atoms with Crippen LogP contribution < -0.4 is 0 Å². The predicted octanol–water partition coefficient (Wildman–Crippen LogP) is 1.57. The van der Waals surface area contributed by atoms with Crippen LogP contribution in [0, 0.1) is 0 Å². The summed E-state index contributed by atoms with van der Waals surface area (Å²) in [5.74, 6) is 0.169. The molecule has 0 heterocycles. The second-order valence-electron chi connectivity index (χ2n) is 3.43. The van der Waals surface area contributed by atoms with Crippen molar-refractivity contribution in [3.8, 4) is 0 Å². The van der Waals surface area contributed by atoms with Crippen LogP contribution in [0.3, 0.4) is 0 Å². The first-order chi connectivity index (χ1) is 6.72. The minimum Gasteiger partial charge on any atom is -0.396 e. The van der Waals surface area contributed by atoms with Crippen molar-refractivity contribution in [2.75, 3.05) is 20.2 Å². The van der Waals surface area contributed by atoms with Gasteiger partial charge in [-0.1, -0.05) is 6.08 Å². The lowest BCUT2D eigenvalue weighted by Gasteiger charge is -2.16. The Balaban J connectivity index is 3.49. The summed E-state index contributed by atoms with van der Waals surface area (Å²) in [6, 6.07) is 0. The summed E-state index contributed by atoms with van der Waals surface area (Å²) in [7, 11) is 1.82. The largest absolute Gasteiger partial charge is 0.396 e. The van der Waals surface area contributed by atoms with Gasteiger partial charge in [-0.3, -0.25) is 4.79 Å². The van der Waals surface area contributed by atoms with Crippen LogP contribution >= 0.6 is 0 Å². The quantitative estimate of drug-likeness (QED) is 0.476. The van der Waals surface area contributed by atoms with Gasteiger partial charge in [0.05, 0.1) is 0 Å². The maximum absolute atomic E-state index is 11.4. The average Bonchev–Trinajstić information content (AvgIpc) is 2.18. The Morgan fingerprint density at radius 1 is 1.43 bits per heavy atom. The smallest absolute Gasteiger partial charge is 0.222 e. The van der Waals surface area contributed by atoms with E-state index in [1.807, 2.05) is 13.1 Å². The van der Waals surface area contributed by atoms with E-state index >= 15 is 0 Å². The Labute approximate surface area is 86.4 Å². The highest BCUT2D eigenvalue weighted by molar-refractivity contribution is 5.75. The zero-order chi connectivity index (χ0) is 10.8. The molecule has 1 N–H and O–H groups in total. The molecule has 82 valence electrons. The maximum atomic E-state index is 11.4. The molecular formula is C11H21NO2. The molecular weight excluding hydrogens is 178 g/mol. The average molecular weight is 199 g/mol.